The molecule has 1 aliphatic rings. The zero-order valence-corrected chi connectivity index (χ0v) is 27.1. The Labute approximate surface area is 281 Å². The zero-order chi connectivity index (χ0) is 32.7. The predicted molar refractivity (Wildman–Crippen MR) is 192 cm³/mol. The topological polar surface area (TPSA) is 44.2 Å². The SMILES string of the molecule is Cc1cc(C)c(-c2cc(Oc3cccc(C4(c5ccccn5)c5ccccc5Oc5ccccc54)c3)cc(-c3ccccn3)c2)c(C)c1. The Bertz CT molecular complexity index is 2210. The summed E-state index contributed by atoms with van der Waals surface area (Å²) in [5.74, 6) is 3.09. The van der Waals surface area contributed by atoms with Gasteiger partial charge in [0.2, 0.25) is 0 Å². The van der Waals surface area contributed by atoms with Crippen LogP contribution >= 0.6 is 0 Å². The average molecular weight is 623 g/mol. The van der Waals surface area contributed by atoms with Crippen LogP contribution in [0.2, 0.25) is 0 Å². The van der Waals surface area contributed by atoms with Gasteiger partial charge in [-0.3, -0.25) is 9.97 Å². The second-order valence-corrected chi connectivity index (χ2v) is 12.4. The quantitative estimate of drug-likeness (QED) is 0.185. The van der Waals surface area contributed by atoms with Crippen LogP contribution < -0.4 is 9.47 Å². The van der Waals surface area contributed by atoms with Crippen molar-refractivity contribution in [2.75, 3.05) is 0 Å². The first-order chi connectivity index (χ1) is 23.5. The molecule has 0 saturated carbocycles. The number of aromatic nitrogens is 2. The maximum Gasteiger partial charge on any atom is 0.132 e. The minimum absolute atomic E-state index is 0.728. The summed E-state index contributed by atoms with van der Waals surface area (Å²) in [6.45, 7) is 6.49. The highest BCUT2D eigenvalue weighted by Gasteiger charge is 2.46. The highest BCUT2D eigenvalue weighted by atomic mass is 16.5. The maximum atomic E-state index is 6.82. The number of para-hydroxylation sites is 2. The van der Waals surface area contributed by atoms with Crippen LogP contribution in [-0.4, -0.2) is 9.97 Å². The van der Waals surface area contributed by atoms with Crippen molar-refractivity contribution in [3.05, 3.63) is 191 Å². The second kappa shape index (κ2) is 12.0. The Kier molecular flexibility index (Phi) is 7.34. The van der Waals surface area contributed by atoms with Crippen molar-refractivity contribution in [3.63, 3.8) is 0 Å². The lowest BCUT2D eigenvalue weighted by molar-refractivity contribution is 0.431. The Morgan fingerprint density at radius 3 is 1.85 bits per heavy atom. The Hall–Kier alpha value is -6.00. The van der Waals surface area contributed by atoms with E-state index in [0.717, 1.165) is 62.2 Å². The van der Waals surface area contributed by atoms with Gasteiger partial charge in [-0.1, -0.05) is 78.4 Å². The maximum absolute atomic E-state index is 6.82. The molecule has 4 heteroatoms. The molecule has 0 aliphatic carbocycles. The first-order valence-corrected chi connectivity index (χ1v) is 16.2. The summed E-state index contributed by atoms with van der Waals surface area (Å²) >= 11 is 0. The van der Waals surface area contributed by atoms with Crippen molar-refractivity contribution >= 4 is 0 Å². The molecular formula is C44H34N2O2. The second-order valence-electron chi connectivity index (χ2n) is 12.4. The van der Waals surface area contributed by atoms with Gasteiger partial charge in [0, 0.05) is 29.1 Å². The van der Waals surface area contributed by atoms with E-state index in [1.165, 1.54) is 22.3 Å². The van der Waals surface area contributed by atoms with Crippen LogP contribution in [0.4, 0.5) is 0 Å². The Balaban J connectivity index is 1.31. The van der Waals surface area contributed by atoms with Gasteiger partial charge in [0.25, 0.3) is 0 Å². The number of hydrogen-bond acceptors (Lipinski definition) is 4. The highest BCUT2D eigenvalue weighted by Crippen LogP contribution is 2.55. The number of pyridine rings is 2. The number of ether oxygens (including phenoxy) is 2. The molecule has 232 valence electrons. The third kappa shape index (κ3) is 5.03. The third-order valence-electron chi connectivity index (χ3n) is 9.19. The molecule has 0 unspecified atom stereocenters. The normalized spacial score (nSPS) is 12.8. The molecule has 8 rings (SSSR count). The number of benzene rings is 5. The van der Waals surface area contributed by atoms with Gasteiger partial charge in [-0.25, -0.2) is 0 Å². The van der Waals surface area contributed by atoms with Gasteiger partial charge >= 0.3 is 0 Å². The molecule has 0 bridgehead atoms. The van der Waals surface area contributed by atoms with Gasteiger partial charge < -0.3 is 9.47 Å². The molecule has 0 fully saturated rings. The summed E-state index contributed by atoms with van der Waals surface area (Å²) in [5, 5.41) is 0. The molecule has 3 heterocycles. The molecule has 0 amide bonds. The average Bonchev–Trinajstić information content (AvgIpc) is 3.11. The molecule has 0 atom stereocenters. The Morgan fingerprint density at radius 1 is 0.542 bits per heavy atom. The van der Waals surface area contributed by atoms with E-state index >= 15 is 0 Å². The van der Waals surface area contributed by atoms with Crippen molar-refractivity contribution in [1.82, 2.24) is 9.97 Å². The van der Waals surface area contributed by atoms with Crippen molar-refractivity contribution in [2.45, 2.75) is 26.2 Å². The molecule has 0 N–H and O–H groups in total. The van der Waals surface area contributed by atoms with Crippen molar-refractivity contribution in [3.8, 4) is 45.4 Å². The van der Waals surface area contributed by atoms with Crippen molar-refractivity contribution in [2.24, 2.45) is 0 Å². The minimum Gasteiger partial charge on any atom is -0.457 e. The van der Waals surface area contributed by atoms with E-state index in [9.17, 15) is 0 Å². The van der Waals surface area contributed by atoms with Crippen LogP contribution in [0.25, 0.3) is 22.4 Å². The standard InChI is InChI=1S/C44H34N2O2/c1-29-23-30(2)43(31(3)24-29)33-25-32(39-17-8-10-21-45-39)26-36(27-33)47-35-14-12-13-34(28-35)44(42-20-9-11-22-46-42)37-15-4-6-18-40(37)48-41-19-7-5-16-38(41)44/h4-28H,1-3H3. The lowest BCUT2D eigenvalue weighted by atomic mass is 9.65. The van der Waals surface area contributed by atoms with Crippen LogP contribution in [-0.2, 0) is 5.41 Å². The van der Waals surface area contributed by atoms with Crippen LogP contribution in [0.3, 0.4) is 0 Å². The first kappa shape index (κ1) is 29.4. The highest BCUT2D eigenvalue weighted by molar-refractivity contribution is 5.78. The molecule has 4 nitrogen and oxygen atoms in total. The fraction of sp³-hybridized carbons (Fsp3) is 0.0909. The van der Waals surface area contributed by atoms with E-state index in [1.54, 1.807) is 0 Å². The number of aryl methyl sites for hydroxylation is 3. The zero-order valence-electron chi connectivity index (χ0n) is 27.1. The summed E-state index contributed by atoms with van der Waals surface area (Å²) in [6.07, 6.45) is 3.69. The first-order valence-electron chi connectivity index (χ1n) is 16.2. The van der Waals surface area contributed by atoms with E-state index in [2.05, 4.69) is 105 Å². The summed E-state index contributed by atoms with van der Waals surface area (Å²) in [6, 6.07) is 47.9. The molecule has 1 aliphatic heterocycles. The van der Waals surface area contributed by atoms with Crippen molar-refractivity contribution in [1.29, 1.82) is 0 Å². The van der Waals surface area contributed by atoms with E-state index in [4.69, 9.17) is 14.5 Å². The van der Waals surface area contributed by atoms with Gasteiger partial charge in [0.15, 0.2) is 0 Å². The van der Waals surface area contributed by atoms with Gasteiger partial charge in [-0.05, 0) is 115 Å². The molecule has 0 saturated heterocycles. The van der Waals surface area contributed by atoms with E-state index in [-0.39, 0.29) is 0 Å². The molecule has 48 heavy (non-hydrogen) atoms. The fourth-order valence-corrected chi connectivity index (χ4v) is 7.36. The van der Waals surface area contributed by atoms with Gasteiger partial charge in [0.05, 0.1) is 16.8 Å². The summed E-state index contributed by atoms with van der Waals surface area (Å²) < 4.78 is 13.3. The summed E-state index contributed by atoms with van der Waals surface area (Å²) in [5.41, 5.74) is 11.2. The van der Waals surface area contributed by atoms with E-state index < -0.39 is 5.41 Å². The summed E-state index contributed by atoms with van der Waals surface area (Å²) in [4.78, 5) is 9.65. The molecule has 0 spiro atoms. The minimum atomic E-state index is -0.733. The lowest BCUT2D eigenvalue weighted by Gasteiger charge is -2.40. The largest absolute Gasteiger partial charge is 0.457 e. The van der Waals surface area contributed by atoms with E-state index in [1.807, 2.05) is 73.1 Å². The number of rotatable bonds is 6. The molecule has 2 aromatic heterocycles. The predicted octanol–water partition coefficient (Wildman–Crippen LogP) is 11.0. The molecule has 0 radical (unpaired) electrons. The monoisotopic (exact) mass is 622 g/mol. The number of fused-ring (bicyclic) bond motifs is 2. The van der Waals surface area contributed by atoms with Crippen molar-refractivity contribution < 1.29 is 9.47 Å². The van der Waals surface area contributed by atoms with Crippen LogP contribution in [0, 0.1) is 20.8 Å². The third-order valence-corrected chi connectivity index (χ3v) is 9.19. The van der Waals surface area contributed by atoms with Gasteiger partial charge in [0.1, 0.15) is 23.0 Å². The number of nitrogens with zero attached hydrogens (tertiary/aromatic N) is 2. The smallest absolute Gasteiger partial charge is 0.132 e. The molecule has 5 aromatic carbocycles. The molecule has 7 aromatic rings. The summed E-state index contributed by atoms with van der Waals surface area (Å²) in [7, 11) is 0. The number of hydrogen-bond donors (Lipinski definition) is 0. The van der Waals surface area contributed by atoms with Crippen LogP contribution in [0.1, 0.15) is 39.1 Å². The van der Waals surface area contributed by atoms with Gasteiger partial charge in [-0.15, -0.1) is 0 Å². The lowest BCUT2D eigenvalue weighted by Crippen LogP contribution is -2.35. The van der Waals surface area contributed by atoms with Crippen LogP contribution in [0.15, 0.2) is 152 Å². The van der Waals surface area contributed by atoms with E-state index in [0.29, 0.717) is 0 Å². The molecular weight excluding hydrogens is 588 g/mol. The fourth-order valence-electron chi connectivity index (χ4n) is 7.36. The van der Waals surface area contributed by atoms with Gasteiger partial charge in [-0.2, -0.15) is 0 Å². The Morgan fingerprint density at radius 2 is 1.19 bits per heavy atom. The van der Waals surface area contributed by atoms with Crippen LogP contribution in [0.5, 0.6) is 23.0 Å².